The van der Waals surface area contributed by atoms with Crippen LogP contribution in [0.5, 0.6) is 0 Å². The minimum atomic E-state index is 0.507. The van der Waals surface area contributed by atoms with Gasteiger partial charge in [0, 0.05) is 12.6 Å². The Hall–Kier alpha value is -1.84. The highest BCUT2D eigenvalue weighted by atomic mass is 15.2. The third-order valence-corrected chi connectivity index (χ3v) is 3.40. The van der Waals surface area contributed by atoms with E-state index in [2.05, 4.69) is 21.8 Å². The lowest BCUT2D eigenvalue weighted by atomic mass is 10.2. The smallest absolute Gasteiger partial charge is 0.172 e. The molecule has 0 saturated carbocycles. The summed E-state index contributed by atoms with van der Waals surface area (Å²) in [6.45, 7) is 3.24. The zero-order chi connectivity index (χ0) is 11.8. The second-order valence-corrected chi connectivity index (χ2v) is 4.61. The molecule has 0 radical (unpaired) electrons. The molecule has 4 heteroatoms. The molecule has 2 heterocycles. The van der Waals surface area contributed by atoms with Crippen LogP contribution in [0.3, 0.4) is 0 Å². The van der Waals surface area contributed by atoms with E-state index in [1.807, 2.05) is 24.3 Å². The molecule has 1 aromatic heterocycles. The molecule has 3 rings (SSSR count). The van der Waals surface area contributed by atoms with Crippen LogP contribution in [0.15, 0.2) is 24.3 Å². The molecule has 1 aliphatic rings. The van der Waals surface area contributed by atoms with Crippen molar-refractivity contribution in [2.75, 3.05) is 17.2 Å². The Kier molecular flexibility index (Phi) is 2.35. The number of hydrogen-bond donors (Lipinski definition) is 1. The molecule has 1 aliphatic heterocycles. The molecule has 4 nitrogen and oxygen atoms in total. The first-order valence-corrected chi connectivity index (χ1v) is 6.04. The van der Waals surface area contributed by atoms with E-state index in [1.54, 1.807) is 0 Å². The predicted octanol–water partition coefficient (Wildman–Crippen LogP) is 2.20. The van der Waals surface area contributed by atoms with E-state index < -0.39 is 0 Å². The van der Waals surface area contributed by atoms with Crippen molar-refractivity contribution >= 4 is 22.7 Å². The molecule has 17 heavy (non-hydrogen) atoms. The van der Waals surface area contributed by atoms with Crippen molar-refractivity contribution in [3.8, 4) is 0 Å². The van der Waals surface area contributed by atoms with Gasteiger partial charge in [-0.1, -0.05) is 12.1 Å². The van der Waals surface area contributed by atoms with Crippen LogP contribution in [-0.2, 0) is 0 Å². The summed E-state index contributed by atoms with van der Waals surface area (Å²) in [7, 11) is 0. The van der Waals surface area contributed by atoms with Crippen LogP contribution < -0.4 is 10.6 Å². The number of aromatic nitrogens is 2. The van der Waals surface area contributed by atoms with Gasteiger partial charge in [0.05, 0.1) is 11.0 Å². The molecule has 1 saturated heterocycles. The number of fused-ring (bicyclic) bond motifs is 1. The Balaban J connectivity index is 2.12. The van der Waals surface area contributed by atoms with Gasteiger partial charge < -0.3 is 10.6 Å². The van der Waals surface area contributed by atoms with E-state index in [0.29, 0.717) is 11.9 Å². The van der Waals surface area contributed by atoms with Gasteiger partial charge in [0.25, 0.3) is 0 Å². The van der Waals surface area contributed by atoms with Crippen molar-refractivity contribution < 1.29 is 0 Å². The maximum absolute atomic E-state index is 6.01. The molecule has 1 unspecified atom stereocenters. The van der Waals surface area contributed by atoms with Crippen LogP contribution in [0.1, 0.15) is 19.8 Å². The van der Waals surface area contributed by atoms with Crippen LogP contribution in [0, 0.1) is 0 Å². The normalized spacial score (nSPS) is 20.1. The summed E-state index contributed by atoms with van der Waals surface area (Å²) in [5.74, 6) is 1.38. The first-order chi connectivity index (χ1) is 8.25. The molecule has 0 bridgehead atoms. The summed E-state index contributed by atoms with van der Waals surface area (Å²) in [6, 6.07) is 8.36. The maximum atomic E-state index is 6.01. The molecule has 1 aromatic carbocycles. The summed E-state index contributed by atoms with van der Waals surface area (Å²) in [6.07, 6.45) is 2.41. The molecule has 1 atom stereocenters. The van der Waals surface area contributed by atoms with E-state index >= 15 is 0 Å². The Labute approximate surface area is 100 Å². The van der Waals surface area contributed by atoms with E-state index in [0.717, 1.165) is 23.4 Å². The molecule has 2 N–H and O–H groups in total. The van der Waals surface area contributed by atoms with Gasteiger partial charge in [-0.05, 0) is 31.9 Å². The maximum Gasteiger partial charge on any atom is 0.172 e. The van der Waals surface area contributed by atoms with E-state index in [-0.39, 0.29) is 0 Å². The first-order valence-electron chi connectivity index (χ1n) is 6.04. The quantitative estimate of drug-likeness (QED) is 0.813. The van der Waals surface area contributed by atoms with Gasteiger partial charge in [-0.3, -0.25) is 0 Å². The zero-order valence-corrected chi connectivity index (χ0v) is 9.93. The average molecular weight is 228 g/mol. The number of rotatable bonds is 1. The molecule has 1 fully saturated rings. The highest BCUT2D eigenvalue weighted by molar-refractivity contribution is 5.79. The molecular weight excluding hydrogens is 212 g/mol. The second-order valence-electron chi connectivity index (χ2n) is 4.61. The van der Waals surface area contributed by atoms with E-state index in [4.69, 9.17) is 5.73 Å². The Bertz CT molecular complexity index is 552. The summed E-state index contributed by atoms with van der Waals surface area (Å²) < 4.78 is 0. The highest BCUT2D eigenvalue weighted by Crippen LogP contribution is 2.28. The molecule has 0 spiro atoms. The third-order valence-electron chi connectivity index (χ3n) is 3.40. The van der Waals surface area contributed by atoms with Crippen molar-refractivity contribution in [1.82, 2.24) is 9.97 Å². The standard InChI is InChI=1S/C13H16N4/c1-9-5-4-8-17(9)13-12(14)15-10-6-2-3-7-11(10)16-13/h2-3,6-7,9H,4-5,8H2,1H3,(H2,14,15). The second kappa shape index (κ2) is 3.87. The molecule has 0 aliphatic carbocycles. The van der Waals surface area contributed by atoms with Crippen LogP contribution in [0.4, 0.5) is 11.6 Å². The lowest BCUT2D eigenvalue weighted by Gasteiger charge is -2.23. The minimum absolute atomic E-state index is 0.507. The zero-order valence-electron chi connectivity index (χ0n) is 9.93. The number of nitrogen functional groups attached to an aromatic ring is 1. The average Bonchev–Trinajstić information content (AvgIpc) is 2.74. The van der Waals surface area contributed by atoms with Gasteiger partial charge >= 0.3 is 0 Å². The van der Waals surface area contributed by atoms with Crippen molar-refractivity contribution in [3.05, 3.63) is 24.3 Å². The fourth-order valence-corrected chi connectivity index (χ4v) is 2.46. The highest BCUT2D eigenvalue weighted by Gasteiger charge is 2.24. The number of nitrogens with two attached hydrogens (primary N) is 1. The summed E-state index contributed by atoms with van der Waals surface area (Å²) >= 11 is 0. The van der Waals surface area contributed by atoms with Gasteiger partial charge in [0.15, 0.2) is 11.6 Å². The first kappa shape index (κ1) is 10.3. The minimum Gasteiger partial charge on any atom is -0.381 e. The van der Waals surface area contributed by atoms with Crippen LogP contribution in [0.2, 0.25) is 0 Å². The van der Waals surface area contributed by atoms with Crippen molar-refractivity contribution in [1.29, 1.82) is 0 Å². The van der Waals surface area contributed by atoms with E-state index in [9.17, 15) is 0 Å². The van der Waals surface area contributed by atoms with Crippen molar-refractivity contribution in [2.45, 2.75) is 25.8 Å². The Morgan fingerprint density at radius 1 is 1.24 bits per heavy atom. The number of para-hydroxylation sites is 2. The lowest BCUT2D eigenvalue weighted by Crippen LogP contribution is -2.28. The predicted molar refractivity (Wildman–Crippen MR) is 70.0 cm³/mol. The summed E-state index contributed by atoms with van der Waals surface area (Å²) in [5, 5.41) is 0. The van der Waals surface area contributed by atoms with Gasteiger partial charge in [0.1, 0.15) is 0 Å². The lowest BCUT2D eigenvalue weighted by molar-refractivity contribution is 0.728. The molecule has 0 amide bonds. The third kappa shape index (κ3) is 1.69. The summed E-state index contributed by atoms with van der Waals surface area (Å²) in [5.41, 5.74) is 7.79. The van der Waals surface area contributed by atoms with Gasteiger partial charge in [-0.15, -0.1) is 0 Å². The van der Waals surface area contributed by atoms with Crippen molar-refractivity contribution in [3.63, 3.8) is 0 Å². The summed E-state index contributed by atoms with van der Waals surface area (Å²) in [4.78, 5) is 11.3. The van der Waals surface area contributed by atoms with Crippen LogP contribution in [0.25, 0.3) is 11.0 Å². The van der Waals surface area contributed by atoms with Gasteiger partial charge in [-0.25, -0.2) is 9.97 Å². The fraction of sp³-hybridized carbons (Fsp3) is 0.385. The SMILES string of the molecule is CC1CCCN1c1nc2ccccc2nc1N. The number of anilines is 2. The monoisotopic (exact) mass is 228 g/mol. The topological polar surface area (TPSA) is 55.0 Å². The fourth-order valence-electron chi connectivity index (χ4n) is 2.46. The number of nitrogens with zero attached hydrogens (tertiary/aromatic N) is 3. The largest absolute Gasteiger partial charge is 0.381 e. The van der Waals surface area contributed by atoms with Crippen molar-refractivity contribution in [2.24, 2.45) is 0 Å². The van der Waals surface area contributed by atoms with Gasteiger partial charge in [0.2, 0.25) is 0 Å². The molecular formula is C13H16N4. The van der Waals surface area contributed by atoms with Crippen LogP contribution >= 0.6 is 0 Å². The van der Waals surface area contributed by atoms with E-state index in [1.165, 1.54) is 12.8 Å². The van der Waals surface area contributed by atoms with Gasteiger partial charge in [-0.2, -0.15) is 0 Å². The molecule has 88 valence electrons. The molecule has 2 aromatic rings. The Morgan fingerprint density at radius 2 is 1.94 bits per heavy atom. The van der Waals surface area contributed by atoms with Crippen LogP contribution in [-0.4, -0.2) is 22.6 Å². The number of benzene rings is 1. The number of hydrogen-bond acceptors (Lipinski definition) is 4. The Morgan fingerprint density at radius 3 is 2.59 bits per heavy atom.